The van der Waals surface area contributed by atoms with Crippen molar-refractivity contribution in [3.8, 4) is 0 Å². The Bertz CT molecular complexity index is 860. The molecule has 0 saturated carbocycles. The van der Waals surface area contributed by atoms with Gasteiger partial charge in [-0.25, -0.2) is 8.42 Å². The maximum atomic E-state index is 12.5. The van der Waals surface area contributed by atoms with Crippen LogP contribution in [0.1, 0.15) is 20.7 Å². The first kappa shape index (κ1) is 13.3. The molecule has 2 amide bonds. The van der Waals surface area contributed by atoms with Crippen molar-refractivity contribution in [3.05, 3.63) is 59.7 Å². The molecule has 0 atom stereocenters. The fraction of sp³-hybridized carbons (Fsp3) is 0. The minimum atomic E-state index is -4.24. The molecule has 0 radical (unpaired) electrons. The molecule has 0 saturated heterocycles. The number of hydrogen-bond acceptors (Lipinski definition) is 5. The largest absolute Gasteiger partial charge is 0.398 e. The van der Waals surface area contributed by atoms with Crippen LogP contribution >= 0.6 is 0 Å². The number of nitrogen functional groups attached to an aromatic ring is 1. The molecule has 0 spiro atoms. The standard InChI is InChI=1S/C14H10N2O4S/c15-11-8-4-7-10-12(11)14(18)16(13(10)17)21(19,20)9-5-2-1-3-6-9/h1-8H,15H2. The van der Waals surface area contributed by atoms with E-state index in [1.807, 2.05) is 0 Å². The zero-order valence-electron chi connectivity index (χ0n) is 10.7. The molecule has 106 valence electrons. The quantitative estimate of drug-likeness (QED) is 0.665. The second-order valence-electron chi connectivity index (χ2n) is 4.46. The van der Waals surface area contributed by atoms with Gasteiger partial charge in [-0.05, 0) is 24.3 Å². The van der Waals surface area contributed by atoms with Crippen molar-refractivity contribution in [1.82, 2.24) is 4.31 Å². The second kappa shape index (κ2) is 4.42. The molecule has 2 N–H and O–H groups in total. The van der Waals surface area contributed by atoms with Gasteiger partial charge >= 0.3 is 0 Å². The summed E-state index contributed by atoms with van der Waals surface area (Å²) in [7, 11) is -4.24. The van der Waals surface area contributed by atoms with Gasteiger partial charge in [0.15, 0.2) is 0 Å². The van der Waals surface area contributed by atoms with E-state index in [4.69, 9.17) is 5.73 Å². The molecule has 1 heterocycles. The van der Waals surface area contributed by atoms with E-state index in [0.29, 0.717) is 0 Å². The number of fused-ring (bicyclic) bond motifs is 1. The summed E-state index contributed by atoms with van der Waals surface area (Å²) in [4.78, 5) is 24.4. The van der Waals surface area contributed by atoms with Gasteiger partial charge in [-0.2, -0.15) is 4.31 Å². The van der Waals surface area contributed by atoms with Crippen molar-refractivity contribution in [2.45, 2.75) is 4.90 Å². The van der Waals surface area contributed by atoms with E-state index in [0.717, 1.165) is 0 Å². The third-order valence-corrected chi connectivity index (χ3v) is 4.87. The molecular weight excluding hydrogens is 292 g/mol. The zero-order valence-corrected chi connectivity index (χ0v) is 11.5. The number of imide groups is 1. The number of rotatable bonds is 2. The summed E-state index contributed by atoms with van der Waals surface area (Å²) in [6.07, 6.45) is 0. The second-order valence-corrected chi connectivity index (χ2v) is 6.25. The highest BCUT2D eigenvalue weighted by molar-refractivity contribution is 7.90. The fourth-order valence-corrected chi connectivity index (χ4v) is 3.54. The van der Waals surface area contributed by atoms with E-state index in [9.17, 15) is 18.0 Å². The lowest BCUT2D eigenvalue weighted by molar-refractivity contribution is 0.0766. The fourth-order valence-electron chi connectivity index (χ4n) is 2.21. The zero-order chi connectivity index (χ0) is 15.2. The summed E-state index contributed by atoms with van der Waals surface area (Å²) < 4.78 is 25.2. The number of benzene rings is 2. The molecule has 2 aromatic carbocycles. The van der Waals surface area contributed by atoms with Crippen LogP contribution in [0.15, 0.2) is 53.4 Å². The third kappa shape index (κ3) is 1.82. The first-order chi connectivity index (χ1) is 9.94. The van der Waals surface area contributed by atoms with Crippen LogP contribution in [-0.4, -0.2) is 24.5 Å². The van der Waals surface area contributed by atoms with E-state index in [-0.39, 0.29) is 26.0 Å². The third-order valence-electron chi connectivity index (χ3n) is 3.19. The van der Waals surface area contributed by atoms with Crippen LogP contribution in [0, 0.1) is 0 Å². The van der Waals surface area contributed by atoms with Gasteiger partial charge in [-0.15, -0.1) is 0 Å². The molecule has 3 rings (SSSR count). The van der Waals surface area contributed by atoms with Crippen molar-refractivity contribution in [2.75, 3.05) is 5.73 Å². The molecule has 1 aliphatic rings. The Morgan fingerprint density at radius 2 is 1.52 bits per heavy atom. The SMILES string of the molecule is Nc1cccc2c1C(=O)N(S(=O)(=O)c1ccccc1)C2=O. The van der Waals surface area contributed by atoms with Crippen molar-refractivity contribution in [2.24, 2.45) is 0 Å². The summed E-state index contributed by atoms with van der Waals surface area (Å²) in [5.41, 5.74) is 5.69. The molecule has 0 fully saturated rings. The molecule has 2 aromatic rings. The molecule has 0 bridgehead atoms. The maximum Gasteiger partial charge on any atom is 0.277 e. The van der Waals surface area contributed by atoms with Crippen LogP contribution in [-0.2, 0) is 10.0 Å². The molecule has 7 heteroatoms. The molecular formula is C14H10N2O4S. The van der Waals surface area contributed by atoms with E-state index in [2.05, 4.69) is 0 Å². The van der Waals surface area contributed by atoms with Crippen molar-refractivity contribution in [1.29, 1.82) is 0 Å². The molecule has 21 heavy (non-hydrogen) atoms. The van der Waals surface area contributed by atoms with Crippen molar-refractivity contribution < 1.29 is 18.0 Å². The Labute approximate surface area is 120 Å². The Hall–Kier alpha value is -2.67. The molecule has 0 unspecified atom stereocenters. The lowest BCUT2D eigenvalue weighted by Gasteiger charge is -2.14. The average molecular weight is 302 g/mol. The van der Waals surface area contributed by atoms with Gasteiger partial charge in [0.05, 0.1) is 16.0 Å². The number of hydrogen-bond donors (Lipinski definition) is 1. The van der Waals surface area contributed by atoms with Crippen LogP contribution in [0.5, 0.6) is 0 Å². The van der Waals surface area contributed by atoms with Crippen LogP contribution in [0.2, 0.25) is 0 Å². The normalized spacial score (nSPS) is 14.4. The van der Waals surface area contributed by atoms with Gasteiger partial charge in [0.25, 0.3) is 21.8 Å². The number of carbonyl (C=O) groups excluding carboxylic acids is 2. The number of amides is 2. The predicted molar refractivity (Wildman–Crippen MR) is 75.0 cm³/mol. The van der Waals surface area contributed by atoms with Gasteiger partial charge in [0, 0.05) is 5.69 Å². The summed E-state index contributed by atoms with van der Waals surface area (Å²) >= 11 is 0. The lowest BCUT2D eigenvalue weighted by atomic mass is 10.1. The smallest absolute Gasteiger partial charge is 0.277 e. The van der Waals surface area contributed by atoms with Crippen LogP contribution < -0.4 is 5.73 Å². The van der Waals surface area contributed by atoms with Crippen LogP contribution in [0.4, 0.5) is 5.69 Å². The highest BCUT2D eigenvalue weighted by atomic mass is 32.2. The van der Waals surface area contributed by atoms with Gasteiger partial charge in [0.2, 0.25) is 0 Å². The molecule has 6 nitrogen and oxygen atoms in total. The monoisotopic (exact) mass is 302 g/mol. The summed E-state index contributed by atoms with van der Waals surface area (Å²) in [6.45, 7) is 0. The summed E-state index contributed by atoms with van der Waals surface area (Å²) in [6, 6.07) is 11.6. The number of anilines is 1. The molecule has 1 aliphatic heterocycles. The molecule has 0 aromatic heterocycles. The van der Waals surface area contributed by atoms with Gasteiger partial charge in [-0.1, -0.05) is 24.3 Å². The summed E-state index contributed by atoms with van der Waals surface area (Å²) in [5, 5.41) is 0. The number of sulfonamides is 1. The predicted octanol–water partition coefficient (Wildman–Crippen LogP) is 1.25. The van der Waals surface area contributed by atoms with Gasteiger partial charge in [0.1, 0.15) is 0 Å². The topological polar surface area (TPSA) is 97.5 Å². The van der Waals surface area contributed by atoms with Gasteiger partial charge in [-0.3, -0.25) is 9.59 Å². The summed E-state index contributed by atoms with van der Waals surface area (Å²) in [5.74, 6) is -1.80. The Kier molecular flexibility index (Phi) is 2.80. The number of nitrogens with two attached hydrogens (primary N) is 1. The van der Waals surface area contributed by atoms with E-state index < -0.39 is 21.8 Å². The number of carbonyl (C=O) groups is 2. The van der Waals surface area contributed by atoms with E-state index in [1.54, 1.807) is 6.07 Å². The highest BCUT2D eigenvalue weighted by Crippen LogP contribution is 2.31. The Morgan fingerprint density at radius 3 is 2.14 bits per heavy atom. The molecule has 0 aliphatic carbocycles. The Balaban J connectivity index is 2.17. The average Bonchev–Trinajstić information content (AvgIpc) is 2.73. The van der Waals surface area contributed by atoms with E-state index in [1.165, 1.54) is 42.5 Å². The minimum absolute atomic E-state index is 0.000457. The van der Waals surface area contributed by atoms with E-state index >= 15 is 0 Å². The van der Waals surface area contributed by atoms with Crippen LogP contribution in [0.3, 0.4) is 0 Å². The lowest BCUT2D eigenvalue weighted by Crippen LogP contribution is -2.36. The maximum absolute atomic E-state index is 12.5. The minimum Gasteiger partial charge on any atom is -0.398 e. The first-order valence-electron chi connectivity index (χ1n) is 6.02. The highest BCUT2D eigenvalue weighted by Gasteiger charge is 2.44. The van der Waals surface area contributed by atoms with Crippen molar-refractivity contribution in [3.63, 3.8) is 0 Å². The first-order valence-corrected chi connectivity index (χ1v) is 7.46. The van der Waals surface area contributed by atoms with Gasteiger partial charge < -0.3 is 5.73 Å². The van der Waals surface area contributed by atoms with Crippen molar-refractivity contribution >= 4 is 27.5 Å². The number of nitrogens with zero attached hydrogens (tertiary/aromatic N) is 1. The Morgan fingerprint density at radius 1 is 0.857 bits per heavy atom. The van der Waals surface area contributed by atoms with Crippen LogP contribution in [0.25, 0.3) is 0 Å².